The number of aliphatic hydroxyl groups is 1. The first-order chi connectivity index (χ1) is 11.6. The molecule has 0 amide bonds. The zero-order chi connectivity index (χ0) is 17.2. The molecule has 0 aliphatic rings. The number of carbonyl (C=O) groups is 1. The highest BCUT2D eigenvalue weighted by Crippen LogP contribution is 2.11. The molecule has 0 bridgehead atoms. The maximum Gasteiger partial charge on any atom is 0.338 e. The van der Waals surface area contributed by atoms with E-state index in [1.54, 1.807) is 19.1 Å². The molecule has 0 fully saturated rings. The topological polar surface area (TPSA) is 55.8 Å². The second-order valence-corrected chi connectivity index (χ2v) is 5.74. The zero-order valence-electron chi connectivity index (χ0n) is 14.0. The Kier molecular flexibility index (Phi) is 7.30. The van der Waals surface area contributed by atoms with Gasteiger partial charge in [0.25, 0.3) is 0 Å². The number of para-hydroxylation sites is 1. The number of ether oxygens (including phenoxy) is 2. The molecule has 2 aromatic carbocycles. The van der Waals surface area contributed by atoms with Crippen molar-refractivity contribution in [3.63, 3.8) is 0 Å². The first-order valence-electron chi connectivity index (χ1n) is 8.27. The standard InChI is InChI=1S/C20H24O4/c1-16(21)6-5-7-17-10-12-18(13-11-17)20(22)24-15-14-23-19-8-3-2-4-9-19/h2-4,8-13,16,21H,5-7,14-15H2,1H3. The van der Waals surface area contributed by atoms with Crippen molar-refractivity contribution in [1.82, 2.24) is 0 Å². The molecule has 0 saturated heterocycles. The van der Waals surface area contributed by atoms with Crippen LogP contribution in [0.5, 0.6) is 5.75 Å². The van der Waals surface area contributed by atoms with Crippen molar-refractivity contribution in [2.45, 2.75) is 32.3 Å². The Morgan fingerprint density at radius 3 is 2.42 bits per heavy atom. The summed E-state index contributed by atoms with van der Waals surface area (Å²) in [5.74, 6) is 0.414. The third-order valence-electron chi connectivity index (χ3n) is 3.61. The molecule has 1 atom stereocenters. The van der Waals surface area contributed by atoms with E-state index >= 15 is 0 Å². The van der Waals surface area contributed by atoms with E-state index in [4.69, 9.17) is 9.47 Å². The van der Waals surface area contributed by atoms with Gasteiger partial charge >= 0.3 is 5.97 Å². The van der Waals surface area contributed by atoms with E-state index in [-0.39, 0.29) is 18.7 Å². The van der Waals surface area contributed by atoms with Crippen LogP contribution in [0.2, 0.25) is 0 Å². The molecule has 2 rings (SSSR count). The van der Waals surface area contributed by atoms with Gasteiger partial charge in [-0.3, -0.25) is 0 Å². The van der Waals surface area contributed by atoms with Crippen LogP contribution >= 0.6 is 0 Å². The Labute approximate surface area is 143 Å². The number of aliphatic hydroxyl groups excluding tert-OH is 1. The van der Waals surface area contributed by atoms with Crippen molar-refractivity contribution in [1.29, 1.82) is 0 Å². The van der Waals surface area contributed by atoms with Crippen LogP contribution in [0.15, 0.2) is 54.6 Å². The number of carbonyl (C=O) groups excluding carboxylic acids is 1. The molecule has 0 heterocycles. The maximum absolute atomic E-state index is 12.0. The Morgan fingerprint density at radius 2 is 1.75 bits per heavy atom. The first-order valence-corrected chi connectivity index (χ1v) is 8.27. The molecule has 128 valence electrons. The predicted molar refractivity (Wildman–Crippen MR) is 93.3 cm³/mol. The third-order valence-corrected chi connectivity index (χ3v) is 3.61. The summed E-state index contributed by atoms with van der Waals surface area (Å²) in [4.78, 5) is 12.0. The van der Waals surface area contributed by atoms with Crippen molar-refractivity contribution < 1.29 is 19.4 Å². The van der Waals surface area contributed by atoms with Gasteiger partial charge in [-0.25, -0.2) is 4.79 Å². The fourth-order valence-electron chi connectivity index (χ4n) is 2.30. The maximum atomic E-state index is 12.0. The normalized spacial score (nSPS) is 11.8. The van der Waals surface area contributed by atoms with Crippen LogP contribution in [0.1, 0.15) is 35.7 Å². The molecule has 0 radical (unpaired) electrons. The van der Waals surface area contributed by atoms with E-state index in [9.17, 15) is 9.90 Å². The molecule has 0 aliphatic heterocycles. The highest BCUT2D eigenvalue weighted by Gasteiger charge is 2.07. The highest BCUT2D eigenvalue weighted by molar-refractivity contribution is 5.89. The van der Waals surface area contributed by atoms with E-state index in [0.717, 1.165) is 30.6 Å². The Bertz CT molecular complexity index is 605. The van der Waals surface area contributed by atoms with Crippen LogP contribution in [0.25, 0.3) is 0 Å². The minimum absolute atomic E-state index is 0.212. The molecule has 1 unspecified atom stereocenters. The molecule has 0 aliphatic carbocycles. The summed E-state index contributed by atoms with van der Waals surface area (Å²) < 4.78 is 10.7. The Morgan fingerprint density at radius 1 is 1.04 bits per heavy atom. The van der Waals surface area contributed by atoms with Gasteiger partial charge in [0, 0.05) is 0 Å². The van der Waals surface area contributed by atoms with Crippen molar-refractivity contribution in [2.24, 2.45) is 0 Å². The summed E-state index contributed by atoms with van der Waals surface area (Å²) in [6.45, 7) is 2.33. The number of hydrogen-bond acceptors (Lipinski definition) is 4. The van der Waals surface area contributed by atoms with Crippen LogP contribution in [0.3, 0.4) is 0 Å². The molecular weight excluding hydrogens is 304 g/mol. The lowest BCUT2D eigenvalue weighted by Crippen LogP contribution is -2.12. The van der Waals surface area contributed by atoms with E-state index in [1.165, 1.54) is 0 Å². The second kappa shape index (κ2) is 9.73. The zero-order valence-corrected chi connectivity index (χ0v) is 14.0. The molecule has 0 spiro atoms. The van der Waals surface area contributed by atoms with E-state index in [2.05, 4.69) is 0 Å². The van der Waals surface area contributed by atoms with Crippen LogP contribution in [-0.4, -0.2) is 30.4 Å². The lowest BCUT2D eigenvalue weighted by Gasteiger charge is -2.08. The number of benzene rings is 2. The fourth-order valence-corrected chi connectivity index (χ4v) is 2.30. The second-order valence-electron chi connectivity index (χ2n) is 5.74. The van der Waals surface area contributed by atoms with Gasteiger partial charge in [0.2, 0.25) is 0 Å². The summed E-state index contributed by atoms with van der Waals surface area (Å²) in [5, 5.41) is 9.25. The van der Waals surface area contributed by atoms with Gasteiger partial charge in [-0.15, -0.1) is 0 Å². The molecule has 1 N–H and O–H groups in total. The van der Waals surface area contributed by atoms with Crippen LogP contribution in [0, 0.1) is 0 Å². The van der Waals surface area contributed by atoms with Crippen molar-refractivity contribution in [3.8, 4) is 5.75 Å². The van der Waals surface area contributed by atoms with Gasteiger partial charge in [0.15, 0.2) is 0 Å². The number of esters is 1. The molecule has 0 saturated carbocycles. The molecule has 2 aromatic rings. The van der Waals surface area contributed by atoms with Crippen LogP contribution in [0.4, 0.5) is 0 Å². The lowest BCUT2D eigenvalue weighted by atomic mass is 10.0. The molecule has 0 aromatic heterocycles. The molecular formula is C20H24O4. The number of rotatable bonds is 9. The fraction of sp³-hybridized carbons (Fsp3) is 0.350. The number of aryl methyl sites for hydroxylation is 1. The van der Waals surface area contributed by atoms with Gasteiger partial charge in [-0.1, -0.05) is 30.3 Å². The minimum Gasteiger partial charge on any atom is -0.490 e. The van der Waals surface area contributed by atoms with E-state index < -0.39 is 0 Å². The Balaban J connectivity index is 1.70. The smallest absolute Gasteiger partial charge is 0.338 e. The monoisotopic (exact) mass is 328 g/mol. The van der Waals surface area contributed by atoms with E-state index in [1.807, 2.05) is 42.5 Å². The number of hydrogen-bond donors (Lipinski definition) is 1. The van der Waals surface area contributed by atoms with Crippen molar-refractivity contribution in [2.75, 3.05) is 13.2 Å². The summed E-state index contributed by atoms with van der Waals surface area (Å²) in [7, 11) is 0. The largest absolute Gasteiger partial charge is 0.490 e. The van der Waals surface area contributed by atoms with Crippen LogP contribution in [-0.2, 0) is 11.2 Å². The summed E-state index contributed by atoms with van der Waals surface area (Å²) in [5.41, 5.74) is 1.69. The lowest BCUT2D eigenvalue weighted by molar-refractivity contribution is 0.0450. The summed E-state index contributed by atoms with van der Waals surface area (Å²) in [6, 6.07) is 16.8. The molecule has 4 nitrogen and oxygen atoms in total. The summed E-state index contributed by atoms with van der Waals surface area (Å²) in [6.07, 6.45) is 2.34. The van der Waals surface area contributed by atoms with Crippen LogP contribution < -0.4 is 4.74 Å². The molecule has 24 heavy (non-hydrogen) atoms. The van der Waals surface area contributed by atoms with Gasteiger partial charge in [0.05, 0.1) is 11.7 Å². The minimum atomic E-state index is -0.345. The van der Waals surface area contributed by atoms with Gasteiger partial charge in [0.1, 0.15) is 19.0 Å². The van der Waals surface area contributed by atoms with E-state index in [0.29, 0.717) is 12.2 Å². The summed E-state index contributed by atoms with van der Waals surface area (Å²) >= 11 is 0. The highest BCUT2D eigenvalue weighted by atomic mass is 16.6. The predicted octanol–water partition coefficient (Wildman–Crippen LogP) is 3.63. The van der Waals surface area contributed by atoms with Gasteiger partial charge in [-0.2, -0.15) is 0 Å². The molecule has 4 heteroatoms. The average molecular weight is 328 g/mol. The first kappa shape index (κ1) is 18.0. The quantitative estimate of drug-likeness (QED) is 0.564. The average Bonchev–Trinajstić information content (AvgIpc) is 2.60. The van der Waals surface area contributed by atoms with Gasteiger partial charge < -0.3 is 14.6 Å². The SMILES string of the molecule is CC(O)CCCc1ccc(C(=O)OCCOc2ccccc2)cc1. The van der Waals surface area contributed by atoms with Gasteiger partial charge in [-0.05, 0) is 56.0 Å². The van der Waals surface area contributed by atoms with Crippen molar-refractivity contribution in [3.05, 3.63) is 65.7 Å². The third kappa shape index (κ3) is 6.42. The Hall–Kier alpha value is -2.33. The van der Waals surface area contributed by atoms with Crippen molar-refractivity contribution >= 4 is 5.97 Å².